The van der Waals surface area contributed by atoms with Crippen LogP contribution in [0.15, 0.2) is 95.2 Å². The van der Waals surface area contributed by atoms with Crippen LogP contribution in [0.2, 0.25) is 0 Å². The van der Waals surface area contributed by atoms with Crippen LogP contribution >= 0.6 is 11.8 Å². The first kappa shape index (κ1) is 62.8. The number of hydrogen-bond acceptors (Lipinski definition) is 19. The Hall–Kier alpha value is -8.71. The summed E-state index contributed by atoms with van der Waals surface area (Å²) in [6.45, 7) is 5.73. The van der Waals surface area contributed by atoms with Crippen LogP contribution in [0.5, 0.6) is 23.0 Å². The molecule has 0 saturated carbocycles. The van der Waals surface area contributed by atoms with Crippen LogP contribution in [-0.4, -0.2) is 160 Å². The highest BCUT2D eigenvalue weighted by atomic mass is 32.2. The number of Topliss-reactive ketones (excluding diaryl/α,β-unsaturated/α-hetero) is 2. The molecule has 0 spiro atoms. The SMILES string of the molecule is COc1cc2c(cc1OCCCOc1cc3c(cc1OC)C(=O)N1C=C(c4ccc(N[C@H](C(=O)C(=O)[C@H](C)NNC(=O)CCCCCN5C(=O)C[C@@H](SC[C@H](N)C(=O)O)C5=O)C(C)C)cc4)C[C@H]1C=N3)N=C[C@@H]1CC(c3ccc(CO)cc3)=CN1C2=O.[HH]. The number of thioether (sulfide) groups is 1. The number of amides is 5. The van der Waals surface area contributed by atoms with Crippen molar-refractivity contribution in [1.29, 1.82) is 0 Å². The minimum absolute atomic E-state index is 0. The zero-order valence-corrected chi connectivity index (χ0v) is 49.8. The molecule has 0 bridgehead atoms. The number of carbonyl (C=O) groups is 8. The minimum Gasteiger partial charge on any atom is -0.493 e. The third kappa shape index (κ3) is 14.6. The zero-order chi connectivity index (χ0) is 62.1. The second-order valence-electron chi connectivity index (χ2n) is 22.0. The van der Waals surface area contributed by atoms with Gasteiger partial charge in [-0.3, -0.25) is 58.7 Å². The van der Waals surface area contributed by atoms with Gasteiger partial charge >= 0.3 is 5.97 Å². The van der Waals surface area contributed by atoms with Gasteiger partial charge in [0.2, 0.25) is 29.3 Å². The molecule has 0 unspecified atom stereocenters. The number of aliphatic imine (C=N–C) groups is 2. The molecule has 5 aliphatic rings. The smallest absolute Gasteiger partial charge is 0.321 e. The third-order valence-electron chi connectivity index (χ3n) is 15.6. The van der Waals surface area contributed by atoms with Crippen molar-refractivity contribution in [1.82, 2.24) is 25.6 Å². The maximum atomic E-state index is 14.2. The van der Waals surface area contributed by atoms with E-state index in [1.165, 1.54) is 21.1 Å². The molecule has 5 heterocycles. The van der Waals surface area contributed by atoms with Gasteiger partial charge < -0.3 is 50.0 Å². The van der Waals surface area contributed by atoms with Gasteiger partial charge in [-0.2, -0.15) is 0 Å². The molecule has 0 radical (unpaired) electrons. The number of nitrogens with two attached hydrogens (primary N) is 1. The van der Waals surface area contributed by atoms with Gasteiger partial charge in [0.15, 0.2) is 23.0 Å². The van der Waals surface area contributed by atoms with Crippen LogP contribution in [0.1, 0.15) is 111 Å². The summed E-state index contributed by atoms with van der Waals surface area (Å²) in [4.78, 5) is 118. The molecule has 1 saturated heterocycles. The lowest BCUT2D eigenvalue weighted by atomic mass is 9.94. The number of imide groups is 1. The van der Waals surface area contributed by atoms with Crippen molar-refractivity contribution in [3.05, 3.63) is 113 Å². The molecule has 1 fully saturated rings. The monoisotopic (exact) mass is 1210 g/mol. The zero-order valence-electron chi connectivity index (χ0n) is 49.0. The van der Waals surface area contributed by atoms with E-state index in [1.807, 2.05) is 62.6 Å². The van der Waals surface area contributed by atoms with Crippen LogP contribution in [0.3, 0.4) is 0 Å². The summed E-state index contributed by atoms with van der Waals surface area (Å²) in [6.07, 6.45) is 10.2. The van der Waals surface area contributed by atoms with Gasteiger partial charge in [-0.25, -0.2) is 5.43 Å². The predicted molar refractivity (Wildman–Crippen MR) is 329 cm³/mol. The van der Waals surface area contributed by atoms with E-state index in [1.54, 1.807) is 58.6 Å². The Morgan fingerprint density at radius 3 is 1.79 bits per heavy atom. The summed E-state index contributed by atoms with van der Waals surface area (Å²) >= 11 is 1.05. The molecule has 9 rings (SSSR count). The Labute approximate surface area is 508 Å². The van der Waals surface area contributed by atoms with Crippen LogP contribution in [0.4, 0.5) is 17.1 Å². The molecule has 0 aromatic heterocycles. The fourth-order valence-corrected chi connectivity index (χ4v) is 11.7. The number of aliphatic hydroxyl groups excluding tert-OH is 1. The van der Waals surface area contributed by atoms with Gasteiger partial charge in [0.25, 0.3) is 11.8 Å². The molecule has 5 amide bonds. The fourth-order valence-electron chi connectivity index (χ4n) is 10.6. The average Bonchev–Trinajstić information content (AvgIpc) is 4.35. The highest BCUT2D eigenvalue weighted by Crippen LogP contribution is 2.42. The van der Waals surface area contributed by atoms with E-state index in [2.05, 4.69) is 16.2 Å². The van der Waals surface area contributed by atoms with E-state index in [0.717, 1.165) is 44.5 Å². The number of nitrogens with one attached hydrogen (secondary N) is 3. The summed E-state index contributed by atoms with van der Waals surface area (Å²) in [7, 11) is 3.01. The lowest BCUT2D eigenvalue weighted by Gasteiger charge is -2.23. The fraction of sp³-hybridized carbons (Fsp3) is 0.397. The van der Waals surface area contributed by atoms with Crippen LogP contribution in [0.25, 0.3) is 11.1 Å². The van der Waals surface area contributed by atoms with Crippen molar-refractivity contribution in [3.8, 4) is 23.0 Å². The predicted octanol–water partition coefficient (Wildman–Crippen LogP) is 6.65. The molecule has 23 nitrogen and oxygen atoms in total. The topological polar surface area (TPSA) is 310 Å². The Bertz CT molecular complexity index is 3450. The quantitative estimate of drug-likeness (QED) is 0.0143. The highest BCUT2D eigenvalue weighted by Gasteiger charge is 2.40. The van der Waals surface area contributed by atoms with Gasteiger partial charge in [-0.15, -0.1) is 11.8 Å². The van der Waals surface area contributed by atoms with E-state index in [9.17, 15) is 43.5 Å². The first-order chi connectivity index (χ1) is 41.8. The number of aliphatic hydroxyl groups is 1. The first-order valence-electron chi connectivity index (χ1n) is 28.8. The number of rotatable bonds is 29. The summed E-state index contributed by atoms with van der Waals surface area (Å²) < 4.78 is 23.7. The molecule has 460 valence electrons. The number of hydrogen-bond donors (Lipinski definition) is 6. The minimum atomic E-state index is -1.18. The second-order valence-corrected chi connectivity index (χ2v) is 23.3. The van der Waals surface area contributed by atoms with E-state index < -0.39 is 46.8 Å². The number of carboxylic acid groups (broad SMARTS) is 1. The molecule has 6 atom stereocenters. The maximum absolute atomic E-state index is 14.2. The van der Waals surface area contributed by atoms with Crippen molar-refractivity contribution in [3.63, 3.8) is 0 Å². The number of benzene rings is 4. The van der Waals surface area contributed by atoms with E-state index in [0.29, 0.717) is 89.7 Å². The number of methoxy groups -OCH3 is 2. The number of nitrogens with zero attached hydrogens (tertiary/aromatic N) is 5. The molecule has 87 heavy (non-hydrogen) atoms. The average molecular weight is 1210 g/mol. The Morgan fingerprint density at radius 2 is 1.28 bits per heavy atom. The normalized spacial score (nSPS) is 18.6. The van der Waals surface area contributed by atoms with Gasteiger partial charge in [0.1, 0.15) is 6.04 Å². The second kappa shape index (κ2) is 28.2. The number of ketones is 2. The van der Waals surface area contributed by atoms with Crippen molar-refractivity contribution >= 4 is 99.5 Å². The van der Waals surface area contributed by atoms with Crippen LogP contribution < -0.4 is 40.8 Å². The Morgan fingerprint density at radius 1 is 0.724 bits per heavy atom. The van der Waals surface area contributed by atoms with Gasteiger partial charge in [0, 0.05) is 88.5 Å². The van der Waals surface area contributed by atoms with Crippen LogP contribution in [0, 0.1) is 5.92 Å². The van der Waals surface area contributed by atoms with Crippen molar-refractivity contribution in [2.24, 2.45) is 21.6 Å². The number of hydrazine groups is 1. The van der Waals surface area contributed by atoms with Crippen molar-refractivity contribution < 1.29 is 68.9 Å². The van der Waals surface area contributed by atoms with E-state index in [4.69, 9.17) is 39.8 Å². The van der Waals surface area contributed by atoms with Gasteiger partial charge in [-0.05, 0) is 77.8 Å². The maximum Gasteiger partial charge on any atom is 0.321 e. The lowest BCUT2D eigenvalue weighted by molar-refractivity contribution is -0.139. The number of unbranched alkanes of at least 4 members (excludes halogenated alkanes) is 2. The molecule has 7 N–H and O–H groups in total. The number of likely N-dealkylation sites (tertiary alicyclic amines) is 1. The summed E-state index contributed by atoms with van der Waals surface area (Å²) in [6, 6.07) is 17.9. The lowest BCUT2D eigenvalue weighted by Crippen LogP contribution is -2.51. The largest absolute Gasteiger partial charge is 0.493 e. The third-order valence-corrected chi connectivity index (χ3v) is 16.9. The summed E-state index contributed by atoms with van der Waals surface area (Å²) in [5, 5.41) is 21.0. The van der Waals surface area contributed by atoms with Gasteiger partial charge in [0.05, 0.1) is 86.0 Å². The number of fused-ring (bicyclic) bond motifs is 4. The molecular formula is C63H73N9O14S. The molecule has 4 aromatic carbocycles. The highest BCUT2D eigenvalue weighted by molar-refractivity contribution is 8.00. The molecule has 0 aliphatic carbocycles. The molecule has 24 heteroatoms. The van der Waals surface area contributed by atoms with Crippen molar-refractivity contribution in [2.75, 3.05) is 45.0 Å². The first-order valence-corrected chi connectivity index (χ1v) is 29.9. The molecule has 4 aromatic rings. The molecular weight excluding hydrogens is 1140 g/mol. The number of carboxylic acids is 1. The van der Waals surface area contributed by atoms with E-state index in [-0.39, 0.29) is 88.0 Å². The number of carbonyl (C=O) groups excluding carboxylic acids is 7. The van der Waals surface area contributed by atoms with E-state index >= 15 is 0 Å². The standard InChI is InChI=1S/C63H71N9O14S.H2/c1-35(2)57(59(77)58(76)36(3)68-69-55(74)10-7-6-8-19-70-56(75)28-54(62(70)80)87-34-47(64)63(81)82)67-42-17-15-39(16-18-42)41-23-44-30-66-49-27-53(51(84-5)25-46(49)61(79)72(44)32-41)86-21-9-20-85-52-26-48-45(24-50(52)83-4)60(78)71-31-40(22-43(71)29-65-48)38-13-11-37(33-73)12-14-38;/h11-18,24-27,29-32,35-36,43-44,47,54,57,67-68,73H,6-10,19-23,28,33-34,64H2,1-5H3,(H,69,74)(H,81,82);1H/t36-,43-,44-,47-,54+,57-;/m0./s1. The Balaban J connectivity index is 0.0000100. The number of ether oxygens (including phenoxy) is 4. The molecule has 5 aliphatic heterocycles. The van der Waals surface area contributed by atoms with Crippen LogP contribution in [-0.2, 0) is 35.4 Å². The van der Waals surface area contributed by atoms with Crippen molar-refractivity contribution in [2.45, 2.75) is 114 Å². The summed E-state index contributed by atoms with van der Waals surface area (Å²) in [5.41, 5.74) is 17.4. The number of aliphatic carboxylic acids is 1. The summed E-state index contributed by atoms with van der Waals surface area (Å²) in [5.74, 6) is -2.89. The van der Waals surface area contributed by atoms with Gasteiger partial charge in [-0.1, -0.05) is 56.7 Å². The number of anilines is 1. The Kier molecular flexibility index (Phi) is 20.4.